The van der Waals surface area contributed by atoms with E-state index >= 15 is 0 Å². The van der Waals surface area contributed by atoms with E-state index in [2.05, 4.69) is 10.1 Å². The van der Waals surface area contributed by atoms with Crippen molar-refractivity contribution in [3.63, 3.8) is 0 Å². The molecule has 0 unspecified atom stereocenters. The molecule has 3 aromatic rings. The summed E-state index contributed by atoms with van der Waals surface area (Å²) >= 11 is 0. The zero-order valence-corrected chi connectivity index (χ0v) is 11.9. The Morgan fingerprint density at radius 2 is 2.09 bits per heavy atom. The lowest BCUT2D eigenvalue weighted by atomic mass is 10.2. The van der Waals surface area contributed by atoms with E-state index in [-0.39, 0.29) is 11.4 Å². The average molecular weight is 315 g/mol. The maximum atomic E-state index is 13.9. The summed E-state index contributed by atoms with van der Waals surface area (Å²) in [5.41, 5.74) is 0.299. The van der Waals surface area contributed by atoms with E-state index < -0.39 is 10.7 Å². The molecule has 0 saturated heterocycles. The fourth-order valence-electron chi connectivity index (χ4n) is 1.93. The van der Waals surface area contributed by atoms with Crippen LogP contribution in [0.1, 0.15) is 5.89 Å². The van der Waals surface area contributed by atoms with Crippen molar-refractivity contribution in [3.05, 3.63) is 64.3 Å². The van der Waals surface area contributed by atoms with E-state index in [0.29, 0.717) is 23.0 Å². The van der Waals surface area contributed by atoms with Crippen molar-refractivity contribution in [2.45, 2.75) is 6.92 Å². The molecule has 1 heterocycles. The van der Waals surface area contributed by atoms with Gasteiger partial charge in [0, 0.05) is 18.6 Å². The van der Waals surface area contributed by atoms with Gasteiger partial charge >= 0.3 is 0 Å². The molecule has 0 fully saturated rings. The van der Waals surface area contributed by atoms with Crippen LogP contribution in [0, 0.1) is 22.9 Å². The second kappa shape index (κ2) is 5.84. The molecule has 8 heteroatoms. The number of nitrogens with zero attached hydrogens (tertiary/aromatic N) is 3. The quantitative estimate of drug-likeness (QED) is 0.536. The van der Waals surface area contributed by atoms with Crippen LogP contribution in [0.15, 0.2) is 47.0 Å². The number of hydrogen-bond acceptors (Lipinski definition) is 6. The number of halogens is 1. The number of aryl methyl sites for hydroxylation is 1. The summed E-state index contributed by atoms with van der Waals surface area (Å²) in [6, 6.07) is 9.87. The summed E-state index contributed by atoms with van der Waals surface area (Å²) in [4.78, 5) is 14.0. The molecular formula is C15H10FN3O4. The minimum Gasteiger partial charge on any atom is -0.454 e. The van der Waals surface area contributed by atoms with Gasteiger partial charge in [-0.15, -0.1) is 0 Å². The molecule has 0 saturated carbocycles. The highest BCUT2D eigenvalue weighted by Crippen LogP contribution is 2.29. The molecule has 0 N–H and O–H groups in total. The third-order valence-electron chi connectivity index (χ3n) is 2.97. The van der Waals surface area contributed by atoms with Gasteiger partial charge in [0.1, 0.15) is 5.75 Å². The Hall–Kier alpha value is -3.29. The van der Waals surface area contributed by atoms with Crippen molar-refractivity contribution in [3.8, 4) is 22.9 Å². The van der Waals surface area contributed by atoms with Gasteiger partial charge in [0.15, 0.2) is 11.6 Å². The number of ether oxygens (including phenoxy) is 1. The van der Waals surface area contributed by atoms with Gasteiger partial charge < -0.3 is 9.26 Å². The second-order valence-electron chi connectivity index (χ2n) is 4.64. The van der Waals surface area contributed by atoms with Crippen LogP contribution in [0.2, 0.25) is 0 Å². The van der Waals surface area contributed by atoms with Crippen molar-refractivity contribution in [2.75, 3.05) is 0 Å². The highest BCUT2D eigenvalue weighted by molar-refractivity contribution is 5.57. The number of benzene rings is 2. The van der Waals surface area contributed by atoms with Gasteiger partial charge in [-0.3, -0.25) is 10.1 Å². The van der Waals surface area contributed by atoms with Crippen molar-refractivity contribution in [2.24, 2.45) is 0 Å². The lowest BCUT2D eigenvalue weighted by Gasteiger charge is -2.07. The molecule has 3 rings (SSSR count). The second-order valence-corrected chi connectivity index (χ2v) is 4.64. The largest absolute Gasteiger partial charge is 0.454 e. The molecule has 0 amide bonds. The summed E-state index contributed by atoms with van der Waals surface area (Å²) in [5.74, 6) is 0.222. The van der Waals surface area contributed by atoms with Gasteiger partial charge in [-0.2, -0.15) is 4.98 Å². The first-order chi connectivity index (χ1) is 11.0. The molecule has 0 aliphatic carbocycles. The molecule has 116 valence electrons. The third-order valence-corrected chi connectivity index (χ3v) is 2.97. The number of rotatable bonds is 4. The van der Waals surface area contributed by atoms with Crippen LogP contribution < -0.4 is 4.74 Å². The van der Waals surface area contributed by atoms with Gasteiger partial charge in [0.25, 0.3) is 5.69 Å². The summed E-state index contributed by atoms with van der Waals surface area (Å²) in [6.45, 7) is 1.67. The van der Waals surface area contributed by atoms with Gasteiger partial charge in [0.05, 0.1) is 11.0 Å². The van der Waals surface area contributed by atoms with Gasteiger partial charge in [0.2, 0.25) is 11.7 Å². The fourth-order valence-corrected chi connectivity index (χ4v) is 1.93. The van der Waals surface area contributed by atoms with Crippen LogP contribution in [-0.4, -0.2) is 15.1 Å². The molecule has 2 aromatic carbocycles. The van der Waals surface area contributed by atoms with E-state index in [1.54, 1.807) is 31.2 Å². The smallest absolute Gasteiger partial charge is 0.272 e. The highest BCUT2D eigenvalue weighted by Gasteiger charge is 2.13. The van der Waals surface area contributed by atoms with E-state index in [1.807, 2.05) is 0 Å². The predicted octanol–water partition coefficient (Wildman–Crippen LogP) is 3.88. The van der Waals surface area contributed by atoms with E-state index in [4.69, 9.17) is 9.26 Å². The molecule has 0 radical (unpaired) electrons. The van der Waals surface area contributed by atoms with E-state index in [0.717, 1.165) is 6.07 Å². The van der Waals surface area contributed by atoms with Crippen LogP contribution in [-0.2, 0) is 0 Å². The average Bonchev–Trinajstić information content (AvgIpc) is 2.96. The Balaban J connectivity index is 1.87. The molecule has 1 aromatic heterocycles. The molecule has 0 spiro atoms. The predicted molar refractivity (Wildman–Crippen MR) is 77.6 cm³/mol. The Bertz CT molecular complexity index is 879. The monoisotopic (exact) mass is 315 g/mol. The van der Waals surface area contributed by atoms with Crippen molar-refractivity contribution < 1.29 is 18.6 Å². The molecular weight excluding hydrogens is 305 g/mol. The van der Waals surface area contributed by atoms with Crippen LogP contribution in [0.4, 0.5) is 10.1 Å². The fraction of sp³-hybridized carbons (Fsp3) is 0.0667. The maximum absolute atomic E-state index is 13.9. The van der Waals surface area contributed by atoms with E-state index in [1.165, 1.54) is 12.1 Å². The van der Waals surface area contributed by atoms with Crippen molar-refractivity contribution in [1.82, 2.24) is 10.1 Å². The van der Waals surface area contributed by atoms with Gasteiger partial charge in [-0.25, -0.2) is 4.39 Å². The molecule has 0 bridgehead atoms. The lowest BCUT2D eigenvalue weighted by molar-refractivity contribution is -0.385. The first kappa shape index (κ1) is 14.6. The standard InChI is InChI=1S/C15H10FN3O4/c1-9-17-15(18-23-9)10-3-2-4-12(7-10)22-14-6-5-11(19(20)21)8-13(14)16/h2-8H,1H3. The molecule has 23 heavy (non-hydrogen) atoms. The summed E-state index contributed by atoms with van der Waals surface area (Å²) in [7, 11) is 0. The SMILES string of the molecule is Cc1nc(-c2cccc(Oc3ccc([N+](=O)[O-])cc3F)c2)no1. The Morgan fingerprint density at radius 3 is 2.74 bits per heavy atom. The van der Waals surface area contributed by atoms with Gasteiger partial charge in [-0.1, -0.05) is 17.3 Å². The minimum atomic E-state index is -0.819. The molecule has 7 nitrogen and oxygen atoms in total. The van der Waals surface area contributed by atoms with E-state index in [9.17, 15) is 14.5 Å². The summed E-state index contributed by atoms with van der Waals surface area (Å²) in [6.07, 6.45) is 0. The Kier molecular flexibility index (Phi) is 3.71. The van der Waals surface area contributed by atoms with Crippen LogP contribution in [0.25, 0.3) is 11.4 Å². The third kappa shape index (κ3) is 3.15. The molecule has 0 aliphatic heterocycles. The van der Waals surface area contributed by atoms with Crippen LogP contribution in [0.5, 0.6) is 11.5 Å². The Morgan fingerprint density at radius 1 is 1.26 bits per heavy atom. The summed E-state index contributed by atoms with van der Waals surface area (Å²) < 4.78 is 24.2. The molecule has 0 atom stereocenters. The maximum Gasteiger partial charge on any atom is 0.272 e. The Labute approximate surface area is 129 Å². The topological polar surface area (TPSA) is 91.3 Å². The first-order valence-corrected chi connectivity index (χ1v) is 6.55. The highest BCUT2D eigenvalue weighted by atomic mass is 19.1. The normalized spacial score (nSPS) is 10.5. The zero-order valence-electron chi connectivity index (χ0n) is 11.9. The lowest BCUT2D eigenvalue weighted by Crippen LogP contribution is -1.92. The van der Waals surface area contributed by atoms with Gasteiger partial charge in [-0.05, 0) is 18.2 Å². The number of aromatic nitrogens is 2. The van der Waals surface area contributed by atoms with Crippen molar-refractivity contribution in [1.29, 1.82) is 0 Å². The zero-order chi connectivity index (χ0) is 16.4. The number of non-ortho nitro benzene ring substituents is 1. The summed E-state index contributed by atoms with van der Waals surface area (Å²) in [5, 5.41) is 14.4. The van der Waals surface area contributed by atoms with Crippen LogP contribution in [0.3, 0.4) is 0 Å². The number of nitro groups is 1. The first-order valence-electron chi connectivity index (χ1n) is 6.55. The van der Waals surface area contributed by atoms with Crippen molar-refractivity contribution >= 4 is 5.69 Å². The minimum absolute atomic E-state index is 0.114. The molecule has 0 aliphatic rings. The number of hydrogen-bond donors (Lipinski definition) is 0. The van der Waals surface area contributed by atoms with Crippen LogP contribution >= 0.6 is 0 Å². The number of nitro benzene ring substituents is 1.